The molecule has 10 heteroatoms. The number of fused-ring (bicyclic) bond motifs is 1. The number of benzene rings is 1. The second kappa shape index (κ2) is 13.2. The number of hydrogen-bond donors (Lipinski definition) is 3. The van der Waals surface area contributed by atoms with Gasteiger partial charge in [0.1, 0.15) is 17.6 Å². The third-order valence-corrected chi connectivity index (χ3v) is 4.50. The summed E-state index contributed by atoms with van der Waals surface area (Å²) in [6.45, 7) is 4.48. The van der Waals surface area contributed by atoms with Gasteiger partial charge in [0, 0.05) is 32.3 Å². The van der Waals surface area contributed by atoms with Gasteiger partial charge in [0.25, 0.3) is 5.56 Å². The predicted octanol–water partition coefficient (Wildman–Crippen LogP) is 1.95. The van der Waals surface area contributed by atoms with Gasteiger partial charge in [0.2, 0.25) is 0 Å². The molecule has 0 amide bonds. The summed E-state index contributed by atoms with van der Waals surface area (Å²) in [7, 11) is 3.07. The van der Waals surface area contributed by atoms with E-state index in [2.05, 4.69) is 15.3 Å². The van der Waals surface area contributed by atoms with E-state index in [-0.39, 0.29) is 17.5 Å². The number of H-pyrrole nitrogens is 1. The smallest absolute Gasteiger partial charge is 0.332 e. The quantitative estimate of drug-likeness (QED) is 0.401. The Kier molecular flexibility index (Phi) is 11.4. The molecule has 3 N–H and O–H groups in total. The standard InChI is InChI=1S/C14H14N4O2.C4H11NO.C2H4Cl2/c1-17-12-11(13(19)18(2)14(17)20)15-10(16-12)8-9-6-4-3-5-7-9;1-3-5-4(2)6;3-1-2-4/h3-7H,8H2,1-2H3,(H,15,16);4-6H,3H2,1-2H3;1-2H2. The van der Waals surface area contributed by atoms with Crippen molar-refractivity contribution < 1.29 is 5.11 Å². The van der Waals surface area contributed by atoms with Crippen LogP contribution in [0, 0.1) is 0 Å². The fourth-order valence-electron chi connectivity index (χ4n) is 2.54. The van der Waals surface area contributed by atoms with Gasteiger partial charge in [-0.2, -0.15) is 0 Å². The van der Waals surface area contributed by atoms with Crippen LogP contribution in [-0.4, -0.2) is 48.7 Å². The van der Waals surface area contributed by atoms with E-state index in [1.165, 1.54) is 11.6 Å². The maximum absolute atomic E-state index is 12.0. The molecule has 1 aromatic carbocycles. The van der Waals surface area contributed by atoms with Gasteiger partial charge in [-0.1, -0.05) is 37.3 Å². The minimum atomic E-state index is -0.375. The van der Waals surface area contributed by atoms with Gasteiger partial charge in [-0.05, 0) is 19.0 Å². The molecule has 0 fully saturated rings. The molecule has 2 aromatic heterocycles. The molecule has 3 aromatic rings. The van der Waals surface area contributed by atoms with Crippen LogP contribution in [0.2, 0.25) is 0 Å². The van der Waals surface area contributed by atoms with Gasteiger partial charge >= 0.3 is 5.69 Å². The summed E-state index contributed by atoms with van der Waals surface area (Å²) >= 11 is 10.1. The molecule has 3 rings (SSSR count). The van der Waals surface area contributed by atoms with Crippen molar-refractivity contribution in [2.45, 2.75) is 26.5 Å². The monoisotopic (exact) mass is 457 g/mol. The Morgan fingerprint density at radius 1 is 1.13 bits per heavy atom. The minimum Gasteiger partial charge on any atom is -0.379 e. The first-order chi connectivity index (χ1) is 14.3. The fourth-order valence-corrected chi connectivity index (χ4v) is 2.54. The van der Waals surface area contributed by atoms with Crippen molar-refractivity contribution in [1.29, 1.82) is 0 Å². The van der Waals surface area contributed by atoms with E-state index in [0.29, 0.717) is 35.2 Å². The van der Waals surface area contributed by atoms with Gasteiger partial charge < -0.3 is 10.1 Å². The number of nitrogens with one attached hydrogen (secondary N) is 2. The normalized spacial score (nSPS) is 11.3. The zero-order chi connectivity index (χ0) is 22.7. The average molecular weight is 458 g/mol. The summed E-state index contributed by atoms with van der Waals surface area (Å²) in [6.07, 6.45) is 0.238. The Hall–Kier alpha value is -2.13. The first kappa shape index (κ1) is 25.9. The fraction of sp³-hybridized carbons (Fsp3) is 0.450. The molecular formula is C20H29Cl2N5O3. The van der Waals surface area contributed by atoms with Crippen molar-refractivity contribution >= 4 is 34.4 Å². The van der Waals surface area contributed by atoms with Gasteiger partial charge in [-0.25, -0.2) is 9.78 Å². The maximum Gasteiger partial charge on any atom is 0.332 e. The van der Waals surface area contributed by atoms with Crippen LogP contribution in [-0.2, 0) is 20.5 Å². The van der Waals surface area contributed by atoms with Crippen molar-refractivity contribution in [2.75, 3.05) is 18.3 Å². The van der Waals surface area contributed by atoms with E-state index in [0.717, 1.165) is 16.7 Å². The van der Waals surface area contributed by atoms with Crippen molar-refractivity contribution in [3.8, 4) is 0 Å². The van der Waals surface area contributed by atoms with Crippen LogP contribution in [0.4, 0.5) is 0 Å². The minimum absolute atomic E-state index is 0.352. The number of aliphatic hydroxyl groups is 1. The van der Waals surface area contributed by atoms with E-state index < -0.39 is 0 Å². The molecule has 0 saturated carbocycles. The Labute approximate surface area is 185 Å². The number of aryl methyl sites for hydroxylation is 1. The Morgan fingerprint density at radius 3 is 2.20 bits per heavy atom. The highest BCUT2D eigenvalue weighted by Gasteiger charge is 2.13. The number of imidazole rings is 1. The summed E-state index contributed by atoms with van der Waals surface area (Å²) in [5.41, 5.74) is 1.12. The highest BCUT2D eigenvalue weighted by atomic mass is 35.5. The highest BCUT2D eigenvalue weighted by molar-refractivity contribution is 6.25. The number of aromatic amines is 1. The largest absolute Gasteiger partial charge is 0.379 e. The molecule has 0 bridgehead atoms. The van der Waals surface area contributed by atoms with Crippen LogP contribution < -0.4 is 16.6 Å². The van der Waals surface area contributed by atoms with Crippen molar-refractivity contribution in [2.24, 2.45) is 14.1 Å². The number of halogens is 2. The molecule has 30 heavy (non-hydrogen) atoms. The molecule has 0 radical (unpaired) electrons. The molecule has 8 nitrogen and oxygen atoms in total. The number of nitrogens with zero attached hydrogens (tertiary/aromatic N) is 3. The van der Waals surface area contributed by atoms with E-state index in [4.69, 9.17) is 28.3 Å². The Balaban J connectivity index is 0.000000379. The summed E-state index contributed by atoms with van der Waals surface area (Å²) < 4.78 is 2.45. The Bertz CT molecular complexity index is 1010. The summed E-state index contributed by atoms with van der Waals surface area (Å²) in [6, 6.07) is 9.83. The van der Waals surface area contributed by atoms with Crippen LogP contribution in [0.5, 0.6) is 0 Å². The third-order valence-electron chi connectivity index (χ3n) is 3.93. The molecule has 1 atom stereocenters. The molecule has 2 heterocycles. The lowest BCUT2D eigenvalue weighted by molar-refractivity contribution is 0.159. The SMILES string of the molecule is CCNC(C)O.ClCCCl.Cn1c(=O)c2[nH]c(Cc3ccccc3)nc2n(C)c1=O. The molecule has 0 aliphatic rings. The van der Waals surface area contributed by atoms with Gasteiger partial charge in [-0.15, -0.1) is 23.2 Å². The van der Waals surface area contributed by atoms with Gasteiger partial charge in [0.15, 0.2) is 5.65 Å². The van der Waals surface area contributed by atoms with Crippen LogP contribution in [0.1, 0.15) is 25.2 Å². The van der Waals surface area contributed by atoms with Gasteiger partial charge in [-0.3, -0.25) is 19.2 Å². The topological polar surface area (TPSA) is 105 Å². The lowest BCUT2D eigenvalue weighted by Gasteiger charge is -2.00. The number of aliphatic hydroxyl groups excluding tert-OH is 1. The molecule has 0 saturated heterocycles. The van der Waals surface area contributed by atoms with Crippen LogP contribution in [0.3, 0.4) is 0 Å². The van der Waals surface area contributed by atoms with Crippen molar-refractivity contribution in [3.63, 3.8) is 0 Å². The lowest BCUT2D eigenvalue weighted by atomic mass is 10.1. The summed E-state index contributed by atoms with van der Waals surface area (Å²) in [5, 5.41) is 11.2. The number of aromatic nitrogens is 4. The third kappa shape index (κ3) is 7.60. The average Bonchev–Trinajstić information content (AvgIpc) is 3.16. The molecule has 0 spiro atoms. The van der Waals surface area contributed by atoms with E-state index in [1.54, 1.807) is 14.0 Å². The summed E-state index contributed by atoms with van der Waals surface area (Å²) in [5.74, 6) is 1.79. The number of alkyl halides is 2. The highest BCUT2D eigenvalue weighted by Crippen LogP contribution is 2.09. The molecule has 0 aliphatic carbocycles. The second-order valence-electron chi connectivity index (χ2n) is 6.36. The van der Waals surface area contributed by atoms with E-state index >= 15 is 0 Å². The zero-order valence-corrected chi connectivity index (χ0v) is 19.2. The second-order valence-corrected chi connectivity index (χ2v) is 7.12. The molecule has 1 unspecified atom stereocenters. The lowest BCUT2D eigenvalue weighted by Crippen LogP contribution is -2.36. The van der Waals surface area contributed by atoms with Gasteiger partial charge in [0.05, 0.1) is 0 Å². The number of hydrogen-bond acceptors (Lipinski definition) is 5. The predicted molar refractivity (Wildman–Crippen MR) is 123 cm³/mol. The van der Waals surface area contributed by atoms with Crippen LogP contribution in [0.25, 0.3) is 11.2 Å². The first-order valence-corrected chi connectivity index (χ1v) is 10.6. The van der Waals surface area contributed by atoms with E-state index in [1.807, 2.05) is 37.3 Å². The Morgan fingerprint density at radius 2 is 1.73 bits per heavy atom. The molecule has 166 valence electrons. The maximum atomic E-state index is 12.0. The first-order valence-electron chi connectivity index (χ1n) is 9.48. The molecule has 0 aliphatic heterocycles. The van der Waals surface area contributed by atoms with Crippen LogP contribution in [0.15, 0.2) is 39.9 Å². The number of rotatable bonds is 5. The zero-order valence-electron chi connectivity index (χ0n) is 17.7. The van der Waals surface area contributed by atoms with Crippen LogP contribution >= 0.6 is 23.2 Å². The van der Waals surface area contributed by atoms with Crippen molar-refractivity contribution in [3.05, 3.63) is 62.6 Å². The molecular weight excluding hydrogens is 429 g/mol. The van der Waals surface area contributed by atoms with E-state index in [9.17, 15) is 9.59 Å². The van der Waals surface area contributed by atoms with Crippen molar-refractivity contribution in [1.82, 2.24) is 24.4 Å². The summed E-state index contributed by atoms with van der Waals surface area (Å²) in [4.78, 5) is 31.3.